The molecule has 3 amide bonds. The number of anilines is 1. The minimum absolute atomic E-state index is 0.0780. The first kappa shape index (κ1) is 18.4. The van der Waals surface area contributed by atoms with Crippen molar-refractivity contribution in [3.8, 4) is 0 Å². The number of sulfone groups is 1. The lowest BCUT2D eigenvalue weighted by molar-refractivity contribution is -0.848. The Morgan fingerprint density at radius 2 is 1.93 bits per heavy atom. The highest BCUT2D eigenvalue weighted by Crippen LogP contribution is 2.45. The van der Waals surface area contributed by atoms with Crippen LogP contribution in [0.1, 0.15) is 12.5 Å². The van der Waals surface area contributed by atoms with E-state index in [1.165, 1.54) is 13.0 Å². The van der Waals surface area contributed by atoms with Gasteiger partial charge in [0.1, 0.15) is 6.67 Å². The first-order valence-corrected chi connectivity index (χ1v) is 10.1. The van der Waals surface area contributed by atoms with Gasteiger partial charge in [-0.3, -0.25) is 4.79 Å². The van der Waals surface area contributed by atoms with E-state index in [2.05, 4.69) is 0 Å². The average molecular weight is 404 g/mol. The van der Waals surface area contributed by atoms with Crippen molar-refractivity contribution in [1.29, 1.82) is 0 Å². The van der Waals surface area contributed by atoms with Crippen molar-refractivity contribution in [1.82, 2.24) is 4.90 Å². The van der Waals surface area contributed by atoms with Crippen LogP contribution >= 0.6 is 0 Å². The van der Waals surface area contributed by atoms with Crippen molar-refractivity contribution >= 4 is 27.5 Å². The van der Waals surface area contributed by atoms with Crippen molar-refractivity contribution in [3.05, 3.63) is 29.8 Å². The molecule has 3 fully saturated rings. The topological polar surface area (TPSA) is 74.8 Å². The van der Waals surface area contributed by atoms with Gasteiger partial charge in [-0.25, -0.2) is 18.1 Å². The number of carbonyl (C=O) groups is 2. The van der Waals surface area contributed by atoms with Crippen LogP contribution in [0.4, 0.5) is 23.7 Å². The second-order valence-electron chi connectivity index (χ2n) is 7.03. The quantitative estimate of drug-likeness (QED) is 0.563. The van der Waals surface area contributed by atoms with E-state index in [9.17, 15) is 31.2 Å². The Balaban J connectivity index is 1.80. The lowest BCUT2D eigenvalue weighted by Crippen LogP contribution is -2.62. The van der Waals surface area contributed by atoms with E-state index in [1.807, 2.05) is 0 Å². The summed E-state index contributed by atoms with van der Waals surface area (Å²) in [5, 5.41) is -1.08. The molecule has 11 heteroatoms. The molecule has 0 aliphatic carbocycles. The molecule has 3 saturated heterocycles. The number of benzene rings is 1. The summed E-state index contributed by atoms with van der Waals surface area (Å²) in [7, 11) is -3.63. The van der Waals surface area contributed by atoms with Gasteiger partial charge in [0.2, 0.25) is 15.2 Å². The Labute approximate surface area is 153 Å². The van der Waals surface area contributed by atoms with E-state index < -0.39 is 49.4 Å². The number of amides is 3. The number of urea groups is 1. The van der Waals surface area contributed by atoms with Gasteiger partial charge in [-0.15, -0.1) is 0 Å². The van der Waals surface area contributed by atoms with Crippen LogP contribution in [0.5, 0.6) is 0 Å². The summed E-state index contributed by atoms with van der Waals surface area (Å²) in [4.78, 5) is 28.6. The molecule has 0 aromatic heterocycles. The van der Waals surface area contributed by atoms with E-state index >= 15 is 0 Å². The highest BCUT2D eigenvalue weighted by Gasteiger charge is 2.74. The molecule has 146 valence electrons. The minimum Gasteiger partial charge on any atom is -0.267 e. The predicted molar refractivity (Wildman–Crippen MR) is 88.1 cm³/mol. The van der Waals surface area contributed by atoms with Gasteiger partial charge in [0.15, 0.2) is 6.04 Å². The molecular weight excluding hydrogens is 387 g/mol. The van der Waals surface area contributed by atoms with Crippen LogP contribution < -0.4 is 4.90 Å². The third-order valence-corrected chi connectivity index (χ3v) is 7.81. The smallest absolute Gasteiger partial charge is 0.267 e. The van der Waals surface area contributed by atoms with Gasteiger partial charge in [0.25, 0.3) is 5.91 Å². The normalized spacial score (nSPS) is 33.0. The molecule has 0 N–H and O–H groups in total. The Hall–Kier alpha value is -1.98. The molecule has 0 saturated carbocycles. The number of alkyl halides is 3. The van der Waals surface area contributed by atoms with Crippen molar-refractivity contribution in [2.24, 2.45) is 0 Å². The van der Waals surface area contributed by atoms with E-state index in [4.69, 9.17) is 0 Å². The molecule has 4 atom stereocenters. The molecular formula is C16H17F3N3O4S+. The fourth-order valence-electron chi connectivity index (χ4n) is 4.34. The lowest BCUT2D eigenvalue weighted by atomic mass is 10.1. The number of piperazine rings is 1. The first-order chi connectivity index (χ1) is 12.5. The molecule has 1 aromatic rings. The Morgan fingerprint density at radius 1 is 1.22 bits per heavy atom. The maximum Gasteiger partial charge on any atom is 0.433 e. The van der Waals surface area contributed by atoms with Crippen LogP contribution in [0.25, 0.3) is 0 Å². The Bertz CT molecular complexity index is 948. The zero-order chi connectivity index (χ0) is 19.8. The number of carbonyl (C=O) groups excluding carboxylic acids is 2. The van der Waals surface area contributed by atoms with Gasteiger partial charge in [-0.05, 0) is 18.2 Å². The van der Waals surface area contributed by atoms with Gasteiger partial charge in [-0.1, -0.05) is 13.0 Å². The van der Waals surface area contributed by atoms with Crippen LogP contribution in [-0.4, -0.2) is 66.7 Å². The van der Waals surface area contributed by atoms with Gasteiger partial charge < -0.3 is 0 Å². The summed E-state index contributed by atoms with van der Waals surface area (Å²) in [6.07, 6.45) is -4.62. The number of hydrogen-bond donors (Lipinski definition) is 0. The van der Waals surface area contributed by atoms with Gasteiger partial charge in [-0.2, -0.15) is 22.6 Å². The maximum absolute atomic E-state index is 13.2. The molecule has 3 aliphatic rings. The number of quaternary nitrogens is 1. The van der Waals surface area contributed by atoms with Crippen molar-refractivity contribution in [2.45, 2.75) is 24.5 Å². The molecule has 0 radical (unpaired) electrons. The zero-order valence-corrected chi connectivity index (χ0v) is 15.1. The van der Waals surface area contributed by atoms with Crippen molar-refractivity contribution in [2.75, 3.05) is 30.4 Å². The lowest BCUT2D eigenvalue weighted by Gasteiger charge is -2.33. The van der Waals surface area contributed by atoms with Crippen LogP contribution in [0.2, 0.25) is 0 Å². The van der Waals surface area contributed by atoms with E-state index in [0.29, 0.717) is 0 Å². The summed E-state index contributed by atoms with van der Waals surface area (Å²) in [5.41, 5.74) is -1.17. The zero-order valence-electron chi connectivity index (χ0n) is 14.3. The largest absolute Gasteiger partial charge is 0.433 e. The molecule has 1 aromatic carbocycles. The number of hydrogen-bond acceptors (Lipinski definition) is 5. The van der Waals surface area contributed by atoms with Crippen molar-refractivity contribution < 1.29 is 35.7 Å². The second kappa shape index (κ2) is 5.52. The van der Waals surface area contributed by atoms with Crippen molar-refractivity contribution in [3.63, 3.8) is 0 Å². The fraction of sp³-hybridized carbons (Fsp3) is 0.500. The minimum atomic E-state index is -4.62. The van der Waals surface area contributed by atoms with Crippen LogP contribution in [-0.2, 0) is 20.8 Å². The summed E-state index contributed by atoms with van der Waals surface area (Å²) in [6.45, 7) is 1.91. The monoisotopic (exact) mass is 404 g/mol. The average Bonchev–Trinajstić information content (AvgIpc) is 3.24. The molecule has 7 nitrogen and oxygen atoms in total. The maximum atomic E-state index is 13.2. The SMILES string of the molecule is CCS(=O)(=O)C1CN2CC3C(=O)N(c4cccc(C(F)(F)F)c4)C(=O)[N+]31C2. The highest BCUT2D eigenvalue weighted by molar-refractivity contribution is 7.91. The molecule has 4 rings (SSSR count). The van der Waals surface area contributed by atoms with E-state index in [-0.39, 0.29) is 31.2 Å². The molecule has 1 spiro atoms. The Kier molecular flexibility index (Phi) is 3.76. The van der Waals surface area contributed by atoms with Gasteiger partial charge in [0.05, 0.1) is 30.1 Å². The number of rotatable bonds is 3. The Morgan fingerprint density at radius 3 is 2.56 bits per heavy atom. The molecule has 2 bridgehead atoms. The molecule has 3 aliphatic heterocycles. The fourth-order valence-corrected chi connectivity index (χ4v) is 6.04. The van der Waals surface area contributed by atoms with E-state index in [0.717, 1.165) is 23.1 Å². The number of imide groups is 1. The summed E-state index contributed by atoms with van der Waals surface area (Å²) < 4.78 is 63.6. The molecule has 27 heavy (non-hydrogen) atoms. The third-order valence-electron chi connectivity index (χ3n) is 5.65. The van der Waals surface area contributed by atoms with Gasteiger partial charge >= 0.3 is 12.2 Å². The summed E-state index contributed by atoms with van der Waals surface area (Å²) >= 11 is 0. The molecule has 4 unspecified atom stereocenters. The standard InChI is InChI=1S/C16H17F3N3O4S/c1-2-27(25,26)13-8-20-7-12-14(23)21(15(24)22(12,13)9-20)11-5-3-4-10(6-11)16(17,18)19/h3-6,12-13H,2,7-9H2,1H3/q+1. The van der Waals surface area contributed by atoms with Gasteiger partial charge in [0, 0.05) is 0 Å². The summed E-state index contributed by atoms with van der Waals surface area (Å²) in [5.74, 6) is -0.832. The second-order valence-corrected chi connectivity index (χ2v) is 9.48. The third kappa shape index (κ3) is 2.38. The van der Waals surface area contributed by atoms with Crippen LogP contribution in [0, 0.1) is 0 Å². The predicted octanol–water partition coefficient (Wildman–Crippen LogP) is 1.40. The summed E-state index contributed by atoms with van der Waals surface area (Å²) in [6, 6.07) is 2.29. The number of fused-ring (bicyclic) bond motifs is 1. The highest BCUT2D eigenvalue weighted by atomic mass is 32.2. The van der Waals surface area contributed by atoms with Crippen LogP contribution in [0.15, 0.2) is 24.3 Å². The molecule has 3 heterocycles. The first-order valence-electron chi connectivity index (χ1n) is 8.39. The number of nitrogens with zero attached hydrogens (tertiary/aromatic N) is 3. The van der Waals surface area contributed by atoms with E-state index in [1.54, 1.807) is 4.90 Å². The van der Waals surface area contributed by atoms with Crippen LogP contribution in [0.3, 0.4) is 0 Å². The number of halogens is 3.